The molecule has 5 heteroatoms. The van der Waals surface area contributed by atoms with Gasteiger partial charge in [0.05, 0.1) is 5.41 Å². The van der Waals surface area contributed by atoms with E-state index in [4.69, 9.17) is 9.84 Å². The molecule has 132 valence electrons. The van der Waals surface area contributed by atoms with Gasteiger partial charge in [-0.05, 0) is 37.7 Å². The molecule has 2 rings (SSSR count). The minimum absolute atomic E-state index is 0.0413. The lowest BCUT2D eigenvalue weighted by atomic mass is 9.76. The van der Waals surface area contributed by atoms with Crippen molar-refractivity contribution in [1.29, 1.82) is 0 Å². The fourth-order valence-corrected chi connectivity index (χ4v) is 3.26. The largest absolute Gasteiger partial charge is 0.481 e. The summed E-state index contributed by atoms with van der Waals surface area (Å²) < 4.78 is 5.40. The van der Waals surface area contributed by atoms with Gasteiger partial charge >= 0.3 is 5.97 Å². The lowest BCUT2D eigenvalue weighted by molar-refractivity contribution is -0.139. The maximum Gasteiger partial charge on any atom is 0.303 e. The van der Waals surface area contributed by atoms with Crippen molar-refractivity contribution in [3.63, 3.8) is 0 Å². The highest BCUT2D eigenvalue weighted by molar-refractivity contribution is 5.83. The Hall–Kier alpha value is -1.88. The van der Waals surface area contributed by atoms with Crippen molar-refractivity contribution in [1.82, 2.24) is 5.32 Å². The molecule has 1 saturated heterocycles. The second kappa shape index (κ2) is 8.83. The number of amides is 1. The van der Waals surface area contributed by atoms with E-state index in [9.17, 15) is 9.59 Å². The molecule has 2 N–H and O–H groups in total. The molecule has 0 aliphatic carbocycles. The quantitative estimate of drug-likeness (QED) is 0.767. The van der Waals surface area contributed by atoms with Gasteiger partial charge in [0.1, 0.15) is 0 Å². The Kier molecular flexibility index (Phi) is 6.79. The number of benzene rings is 1. The fourth-order valence-electron chi connectivity index (χ4n) is 3.26. The van der Waals surface area contributed by atoms with E-state index < -0.39 is 5.97 Å². The van der Waals surface area contributed by atoms with Crippen molar-refractivity contribution in [3.8, 4) is 0 Å². The predicted molar refractivity (Wildman–Crippen MR) is 91.7 cm³/mol. The molecule has 0 bridgehead atoms. The van der Waals surface area contributed by atoms with Crippen molar-refractivity contribution < 1.29 is 19.4 Å². The summed E-state index contributed by atoms with van der Waals surface area (Å²) in [5.41, 5.74) is 0.724. The van der Waals surface area contributed by atoms with Gasteiger partial charge in [0, 0.05) is 25.7 Å². The molecular formula is C19H27NO4. The van der Waals surface area contributed by atoms with E-state index in [1.165, 1.54) is 0 Å². The molecule has 1 heterocycles. The number of hydrogen-bond donors (Lipinski definition) is 2. The smallest absolute Gasteiger partial charge is 0.303 e. The van der Waals surface area contributed by atoms with Crippen LogP contribution in [0.5, 0.6) is 0 Å². The molecule has 1 aliphatic rings. The summed E-state index contributed by atoms with van der Waals surface area (Å²) in [5, 5.41) is 12.1. The number of ether oxygens (including phenoxy) is 1. The first-order valence-electron chi connectivity index (χ1n) is 8.70. The molecule has 0 spiro atoms. The average Bonchev–Trinajstić information content (AvgIpc) is 2.61. The number of carbonyl (C=O) groups is 2. The van der Waals surface area contributed by atoms with Gasteiger partial charge in [-0.1, -0.05) is 37.3 Å². The zero-order valence-electron chi connectivity index (χ0n) is 14.3. The summed E-state index contributed by atoms with van der Waals surface area (Å²) in [7, 11) is 0. The molecule has 0 saturated carbocycles. The first-order chi connectivity index (χ1) is 11.6. The molecule has 1 aromatic rings. The monoisotopic (exact) mass is 333 g/mol. The van der Waals surface area contributed by atoms with Crippen molar-refractivity contribution >= 4 is 11.9 Å². The molecule has 1 atom stereocenters. The Balaban J connectivity index is 2.05. The van der Waals surface area contributed by atoms with Crippen molar-refractivity contribution in [3.05, 3.63) is 35.9 Å². The Bertz CT molecular complexity index is 538. The van der Waals surface area contributed by atoms with Gasteiger partial charge in [-0.3, -0.25) is 9.59 Å². The summed E-state index contributed by atoms with van der Waals surface area (Å²) in [6, 6.07) is 9.70. The highest BCUT2D eigenvalue weighted by atomic mass is 16.5. The summed E-state index contributed by atoms with van der Waals surface area (Å²) in [6.45, 7) is 3.26. The Morgan fingerprint density at radius 1 is 1.25 bits per heavy atom. The highest BCUT2D eigenvalue weighted by Gasteiger charge is 2.39. The van der Waals surface area contributed by atoms with Gasteiger partial charge in [-0.2, -0.15) is 0 Å². The third-order valence-electron chi connectivity index (χ3n) is 4.98. The summed E-state index contributed by atoms with van der Waals surface area (Å²) in [5.74, 6) is -0.793. The number of carboxylic acid groups (broad SMARTS) is 1. The molecule has 1 fully saturated rings. The topological polar surface area (TPSA) is 75.6 Å². The summed E-state index contributed by atoms with van der Waals surface area (Å²) in [4.78, 5) is 23.8. The lowest BCUT2D eigenvalue weighted by Crippen LogP contribution is -2.48. The van der Waals surface area contributed by atoms with Crippen molar-refractivity contribution in [2.75, 3.05) is 13.2 Å². The lowest BCUT2D eigenvalue weighted by Gasteiger charge is -2.36. The third kappa shape index (κ3) is 5.06. The number of carbonyl (C=O) groups excluding carboxylic acids is 1. The normalized spacial score (nSPS) is 17.9. The first kappa shape index (κ1) is 18.5. The third-order valence-corrected chi connectivity index (χ3v) is 4.98. The van der Waals surface area contributed by atoms with Crippen LogP contribution in [0.15, 0.2) is 30.3 Å². The fraction of sp³-hybridized carbons (Fsp3) is 0.579. The van der Waals surface area contributed by atoms with E-state index in [0.29, 0.717) is 26.1 Å². The second-order valence-corrected chi connectivity index (χ2v) is 6.54. The van der Waals surface area contributed by atoms with Crippen LogP contribution in [0.2, 0.25) is 0 Å². The van der Waals surface area contributed by atoms with Crippen LogP contribution in [-0.2, 0) is 20.7 Å². The number of rotatable bonds is 8. The van der Waals surface area contributed by atoms with Crippen LogP contribution in [0.1, 0.15) is 44.6 Å². The van der Waals surface area contributed by atoms with Crippen LogP contribution in [0.25, 0.3) is 0 Å². The van der Waals surface area contributed by atoms with Crippen LogP contribution < -0.4 is 5.32 Å². The first-order valence-corrected chi connectivity index (χ1v) is 8.70. The minimum atomic E-state index is -0.835. The Labute approximate surface area is 143 Å². The molecular weight excluding hydrogens is 306 g/mol. The van der Waals surface area contributed by atoms with Gasteiger partial charge in [-0.15, -0.1) is 0 Å². The molecule has 5 nitrogen and oxygen atoms in total. The summed E-state index contributed by atoms with van der Waals surface area (Å²) in [6.07, 6.45) is 3.38. The van der Waals surface area contributed by atoms with Crippen LogP contribution in [0, 0.1) is 5.41 Å². The van der Waals surface area contributed by atoms with E-state index >= 15 is 0 Å². The molecule has 1 amide bonds. The maximum absolute atomic E-state index is 12.9. The molecule has 1 aliphatic heterocycles. The van der Waals surface area contributed by atoms with Crippen molar-refractivity contribution in [2.24, 2.45) is 5.41 Å². The van der Waals surface area contributed by atoms with Gasteiger partial charge < -0.3 is 15.2 Å². The molecule has 0 radical (unpaired) electrons. The summed E-state index contributed by atoms with van der Waals surface area (Å²) >= 11 is 0. The van der Waals surface area contributed by atoms with E-state index in [-0.39, 0.29) is 23.8 Å². The maximum atomic E-state index is 12.9. The van der Waals surface area contributed by atoms with E-state index in [1.807, 2.05) is 37.3 Å². The zero-order valence-corrected chi connectivity index (χ0v) is 14.3. The predicted octanol–water partition coefficient (Wildman–Crippen LogP) is 2.79. The van der Waals surface area contributed by atoms with E-state index in [0.717, 1.165) is 24.8 Å². The number of nitrogens with one attached hydrogen (secondary N) is 1. The highest BCUT2D eigenvalue weighted by Crippen LogP contribution is 2.34. The standard InChI is InChI=1S/C19H27NO4/c1-2-19(10-12-24-13-11-19)18(23)20-16(8-9-17(21)22)14-15-6-4-3-5-7-15/h3-7,16H,2,8-14H2,1H3,(H,20,23)(H,21,22). The second-order valence-electron chi connectivity index (χ2n) is 6.54. The van der Waals surface area contributed by atoms with Gasteiger partial charge in [0.15, 0.2) is 0 Å². The minimum Gasteiger partial charge on any atom is -0.481 e. The van der Waals surface area contributed by atoms with Crippen LogP contribution in [0.4, 0.5) is 0 Å². The van der Waals surface area contributed by atoms with Gasteiger partial charge in [0.2, 0.25) is 5.91 Å². The molecule has 0 aromatic heterocycles. The molecule has 1 unspecified atom stereocenters. The number of carboxylic acids is 1. The zero-order chi connectivity index (χ0) is 17.4. The van der Waals surface area contributed by atoms with Crippen molar-refractivity contribution in [2.45, 2.75) is 51.5 Å². The van der Waals surface area contributed by atoms with Crippen LogP contribution in [0.3, 0.4) is 0 Å². The molecule has 1 aromatic carbocycles. The van der Waals surface area contributed by atoms with Gasteiger partial charge in [-0.25, -0.2) is 0 Å². The van der Waals surface area contributed by atoms with E-state index in [1.54, 1.807) is 0 Å². The van der Waals surface area contributed by atoms with Crippen LogP contribution in [-0.4, -0.2) is 36.2 Å². The number of aliphatic carboxylic acids is 1. The number of hydrogen-bond acceptors (Lipinski definition) is 3. The SMILES string of the molecule is CCC1(C(=O)NC(CCC(=O)O)Cc2ccccc2)CCOCC1. The Morgan fingerprint density at radius 3 is 2.50 bits per heavy atom. The molecule has 24 heavy (non-hydrogen) atoms. The van der Waals surface area contributed by atoms with E-state index in [2.05, 4.69) is 5.32 Å². The van der Waals surface area contributed by atoms with Gasteiger partial charge in [0.25, 0.3) is 0 Å². The Morgan fingerprint density at radius 2 is 1.92 bits per heavy atom. The van der Waals surface area contributed by atoms with Crippen LogP contribution >= 0.6 is 0 Å². The average molecular weight is 333 g/mol.